The molecule has 0 atom stereocenters. The van der Waals surface area contributed by atoms with Gasteiger partial charge in [0.15, 0.2) is 0 Å². The zero-order valence-electron chi connectivity index (χ0n) is 14.9. The molecule has 0 aliphatic heterocycles. The van der Waals surface area contributed by atoms with E-state index in [1.54, 1.807) is 0 Å². The van der Waals surface area contributed by atoms with Crippen molar-refractivity contribution in [1.29, 1.82) is 0 Å². The number of hydrogen-bond donors (Lipinski definition) is 1. The molecule has 0 amide bonds. The zero-order valence-corrected chi connectivity index (χ0v) is 14.9. The lowest BCUT2D eigenvalue weighted by Crippen LogP contribution is -2.22. The third-order valence-electron chi connectivity index (χ3n) is 3.93. The Labute approximate surface area is 134 Å². The van der Waals surface area contributed by atoms with Crippen LogP contribution in [0.5, 0.6) is 5.75 Å². The van der Waals surface area contributed by atoms with Crippen LogP contribution in [0.2, 0.25) is 0 Å². The minimum Gasteiger partial charge on any atom is -0.491 e. The average molecular weight is 302 g/mol. The molecule has 0 spiro atoms. The predicted molar refractivity (Wildman–Crippen MR) is 94.7 cm³/mol. The normalized spacial score (nSPS) is 11.8. The van der Waals surface area contributed by atoms with Crippen LogP contribution in [0.3, 0.4) is 0 Å². The van der Waals surface area contributed by atoms with Crippen LogP contribution in [-0.4, -0.2) is 16.7 Å². The first kappa shape index (κ1) is 16.9. The van der Waals surface area contributed by atoms with Crippen molar-refractivity contribution in [2.45, 2.75) is 73.2 Å². The molecule has 0 radical (unpaired) electrons. The molecule has 1 aromatic carbocycles. The molecule has 1 aromatic heterocycles. The number of aromatic nitrogens is 1. The van der Waals surface area contributed by atoms with Gasteiger partial charge in [-0.15, -0.1) is 0 Å². The van der Waals surface area contributed by atoms with Gasteiger partial charge in [-0.3, -0.25) is 0 Å². The zero-order chi connectivity index (χ0) is 16.3. The fraction of sp³-hybridized carbons (Fsp3) is 0.579. The summed E-state index contributed by atoms with van der Waals surface area (Å²) in [5.41, 5.74) is 4.08. The van der Waals surface area contributed by atoms with Gasteiger partial charge in [0.25, 0.3) is 0 Å². The standard InChI is InChI=1S/C19H30N2O/c1-7-10-21-15(6)18(12-20-13(2)3)17-11-16(22-14(4)5)8-9-19(17)21/h8-9,11,13-14,20H,7,10,12H2,1-6H3. The Morgan fingerprint density at radius 2 is 1.91 bits per heavy atom. The number of ether oxygens (including phenoxy) is 1. The van der Waals surface area contributed by atoms with Crippen molar-refractivity contribution in [2.24, 2.45) is 0 Å². The molecule has 0 fully saturated rings. The Hall–Kier alpha value is -1.48. The topological polar surface area (TPSA) is 26.2 Å². The molecule has 3 heteroatoms. The number of rotatable bonds is 7. The Bertz CT molecular complexity index is 626. The average Bonchev–Trinajstić information content (AvgIpc) is 2.69. The summed E-state index contributed by atoms with van der Waals surface area (Å²) in [6.45, 7) is 14.9. The van der Waals surface area contributed by atoms with Crippen molar-refractivity contribution in [2.75, 3.05) is 0 Å². The van der Waals surface area contributed by atoms with E-state index in [2.05, 4.69) is 69.6 Å². The Morgan fingerprint density at radius 1 is 1.18 bits per heavy atom. The summed E-state index contributed by atoms with van der Waals surface area (Å²) in [5, 5.41) is 4.87. The van der Waals surface area contributed by atoms with Crippen LogP contribution in [0.1, 0.15) is 52.3 Å². The first-order chi connectivity index (χ1) is 10.4. The Balaban J connectivity index is 2.50. The molecule has 1 N–H and O–H groups in total. The van der Waals surface area contributed by atoms with Gasteiger partial charge in [-0.05, 0) is 51.0 Å². The highest BCUT2D eigenvalue weighted by molar-refractivity contribution is 5.87. The van der Waals surface area contributed by atoms with Gasteiger partial charge < -0.3 is 14.6 Å². The number of hydrogen-bond acceptors (Lipinski definition) is 2. The lowest BCUT2D eigenvalue weighted by molar-refractivity contribution is 0.243. The highest BCUT2D eigenvalue weighted by Crippen LogP contribution is 2.30. The molecule has 122 valence electrons. The van der Waals surface area contributed by atoms with E-state index in [4.69, 9.17) is 4.74 Å². The van der Waals surface area contributed by atoms with E-state index < -0.39 is 0 Å². The van der Waals surface area contributed by atoms with Crippen LogP contribution in [0.25, 0.3) is 10.9 Å². The van der Waals surface area contributed by atoms with Crippen LogP contribution >= 0.6 is 0 Å². The molecular formula is C19H30N2O. The molecule has 0 aliphatic rings. The molecule has 0 saturated heterocycles. The number of nitrogens with one attached hydrogen (secondary N) is 1. The molecule has 3 nitrogen and oxygen atoms in total. The van der Waals surface area contributed by atoms with E-state index in [0.29, 0.717) is 6.04 Å². The van der Waals surface area contributed by atoms with Gasteiger partial charge >= 0.3 is 0 Å². The second-order valence-electron chi connectivity index (χ2n) is 6.60. The summed E-state index contributed by atoms with van der Waals surface area (Å²) >= 11 is 0. The highest BCUT2D eigenvalue weighted by atomic mass is 16.5. The quantitative estimate of drug-likeness (QED) is 0.806. The Kier molecular flexibility index (Phi) is 5.52. The van der Waals surface area contributed by atoms with Crippen molar-refractivity contribution in [3.05, 3.63) is 29.5 Å². The van der Waals surface area contributed by atoms with Crippen molar-refractivity contribution in [1.82, 2.24) is 9.88 Å². The molecule has 0 aliphatic carbocycles. The van der Waals surface area contributed by atoms with Crippen molar-refractivity contribution >= 4 is 10.9 Å². The van der Waals surface area contributed by atoms with Gasteiger partial charge in [0.1, 0.15) is 5.75 Å². The van der Waals surface area contributed by atoms with E-state index in [1.165, 1.54) is 22.2 Å². The van der Waals surface area contributed by atoms with Gasteiger partial charge in [0, 0.05) is 35.7 Å². The molecule has 0 bridgehead atoms. The molecular weight excluding hydrogens is 272 g/mol. The molecule has 0 saturated carbocycles. The summed E-state index contributed by atoms with van der Waals surface area (Å²) in [6, 6.07) is 6.98. The van der Waals surface area contributed by atoms with Gasteiger partial charge in [-0.25, -0.2) is 0 Å². The maximum Gasteiger partial charge on any atom is 0.120 e. The lowest BCUT2D eigenvalue weighted by atomic mass is 10.1. The molecule has 2 aromatic rings. The van der Waals surface area contributed by atoms with Crippen molar-refractivity contribution < 1.29 is 4.74 Å². The fourth-order valence-corrected chi connectivity index (χ4v) is 2.92. The first-order valence-electron chi connectivity index (χ1n) is 8.45. The summed E-state index contributed by atoms with van der Waals surface area (Å²) in [4.78, 5) is 0. The summed E-state index contributed by atoms with van der Waals surface area (Å²) in [7, 11) is 0. The molecule has 1 heterocycles. The SMILES string of the molecule is CCCn1c(C)c(CNC(C)C)c2cc(OC(C)C)ccc21. The van der Waals surface area contributed by atoms with Gasteiger partial charge in [-0.2, -0.15) is 0 Å². The van der Waals surface area contributed by atoms with E-state index in [-0.39, 0.29) is 6.10 Å². The largest absolute Gasteiger partial charge is 0.491 e. The first-order valence-corrected chi connectivity index (χ1v) is 8.45. The van der Waals surface area contributed by atoms with E-state index in [9.17, 15) is 0 Å². The predicted octanol–water partition coefficient (Wildman–Crippen LogP) is 4.64. The summed E-state index contributed by atoms with van der Waals surface area (Å²) < 4.78 is 8.32. The third-order valence-corrected chi connectivity index (χ3v) is 3.93. The summed E-state index contributed by atoms with van der Waals surface area (Å²) in [6.07, 6.45) is 1.35. The number of aryl methyl sites for hydroxylation is 1. The van der Waals surface area contributed by atoms with Crippen molar-refractivity contribution in [3.8, 4) is 5.75 Å². The molecule has 2 rings (SSSR count). The number of nitrogens with zero attached hydrogens (tertiary/aromatic N) is 1. The maximum absolute atomic E-state index is 5.88. The van der Waals surface area contributed by atoms with Gasteiger partial charge in [0.2, 0.25) is 0 Å². The van der Waals surface area contributed by atoms with Gasteiger partial charge in [0.05, 0.1) is 6.10 Å². The number of benzene rings is 1. The minimum atomic E-state index is 0.202. The van der Waals surface area contributed by atoms with E-state index in [0.717, 1.165) is 25.3 Å². The van der Waals surface area contributed by atoms with Crippen molar-refractivity contribution in [3.63, 3.8) is 0 Å². The second kappa shape index (κ2) is 7.19. The minimum absolute atomic E-state index is 0.202. The lowest BCUT2D eigenvalue weighted by Gasteiger charge is -2.11. The van der Waals surface area contributed by atoms with Crippen LogP contribution in [-0.2, 0) is 13.1 Å². The molecule has 0 unspecified atom stereocenters. The highest BCUT2D eigenvalue weighted by Gasteiger charge is 2.15. The van der Waals surface area contributed by atoms with E-state index >= 15 is 0 Å². The molecule has 22 heavy (non-hydrogen) atoms. The van der Waals surface area contributed by atoms with Crippen LogP contribution in [0, 0.1) is 6.92 Å². The van der Waals surface area contributed by atoms with E-state index in [1.807, 2.05) is 0 Å². The van der Waals surface area contributed by atoms with Crippen LogP contribution in [0.4, 0.5) is 0 Å². The maximum atomic E-state index is 5.88. The van der Waals surface area contributed by atoms with Gasteiger partial charge in [-0.1, -0.05) is 20.8 Å². The third kappa shape index (κ3) is 3.64. The smallest absolute Gasteiger partial charge is 0.120 e. The Morgan fingerprint density at radius 3 is 2.50 bits per heavy atom. The van der Waals surface area contributed by atoms with Crippen LogP contribution in [0.15, 0.2) is 18.2 Å². The fourth-order valence-electron chi connectivity index (χ4n) is 2.92. The monoisotopic (exact) mass is 302 g/mol. The number of fused-ring (bicyclic) bond motifs is 1. The second-order valence-corrected chi connectivity index (χ2v) is 6.60. The summed E-state index contributed by atoms with van der Waals surface area (Å²) in [5.74, 6) is 0.960. The van der Waals surface area contributed by atoms with Crippen LogP contribution < -0.4 is 10.1 Å².